The highest BCUT2D eigenvalue weighted by Crippen LogP contribution is 2.09. The fourth-order valence-electron chi connectivity index (χ4n) is 1.20. The van der Waals surface area contributed by atoms with E-state index in [0.29, 0.717) is 0 Å². The van der Waals surface area contributed by atoms with Crippen LogP contribution in [0.4, 0.5) is 0 Å². The second kappa shape index (κ2) is 3.46. The fourth-order valence-corrected chi connectivity index (χ4v) is 1.20. The van der Waals surface area contributed by atoms with E-state index in [9.17, 15) is 5.11 Å². The lowest BCUT2D eigenvalue weighted by Gasteiger charge is -2.35. The molecule has 0 aromatic rings. The van der Waals surface area contributed by atoms with Gasteiger partial charge in [-0.25, -0.2) is 0 Å². The Hall–Kier alpha value is -0.200. The van der Waals surface area contributed by atoms with Crippen LogP contribution in [0.3, 0.4) is 0 Å². The molecule has 0 amide bonds. The minimum absolute atomic E-state index is 0.255. The van der Waals surface area contributed by atoms with E-state index in [1.54, 1.807) is 0 Å². The molecule has 11 heavy (non-hydrogen) atoms. The molecule has 1 heterocycles. The first-order valence-electron chi connectivity index (χ1n) is 3.64. The normalized spacial score (nSPS) is 45.8. The van der Waals surface area contributed by atoms with Crippen molar-refractivity contribution in [1.82, 2.24) is 5.32 Å². The molecule has 1 aliphatic heterocycles. The first-order chi connectivity index (χ1) is 5.16. The van der Waals surface area contributed by atoms with E-state index >= 15 is 0 Å². The van der Waals surface area contributed by atoms with Crippen molar-refractivity contribution in [2.24, 2.45) is 5.73 Å². The van der Waals surface area contributed by atoms with E-state index in [1.165, 1.54) is 0 Å². The standard InChI is InChI=1S/C6H14N2O3/c7-1-3-5(10)6(11)4(9)2-8-3/h3-6,8-11H,1-2,7H2. The number of aliphatic hydroxyl groups is 3. The van der Waals surface area contributed by atoms with Gasteiger partial charge in [-0.2, -0.15) is 0 Å². The minimum atomic E-state index is -1.08. The number of nitrogens with one attached hydrogen (secondary N) is 1. The Balaban J connectivity index is 2.52. The van der Waals surface area contributed by atoms with Crippen LogP contribution < -0.4 is 11.1 Å². The molecule has 0 aromatic carbocycles. The highest BCUT2D eigenvalue weighted by atomic mass is 16.4. The van der Waals surface area contributed by atoms with Crippen molar-refractivity contribution in [3.05, 3.63) is 0 Å². The summed E-state index contributed by atoms with van der Waals surface area (Å²) in [5, 5.41) is 30.3. The van der Waals surface area contributed by atoms with Crippen LogP contribution in [-0.4, -0.2) is 52.8 Å². The highest BCUT2D eigenvalue weighted by Gasteiger charge is 2.35. The van der Waals surface area contributed by atoms with E-state index in [1.807, 2.05) is 0 Å². The third-order valence-electron chi connectivity index (χ3n) is 2.00. The summed E-state index contributed by atoms with van der Waals surface area (Å²) >= 11 is 0. The molecule has 1 rings (SSSR count). The van der Waals surface area contributed by atoms with Crippen LogP contribution in [0.2, 0.25) is 0 Å². The predicted octanol–water partition coefficient (Wildman–Crippen LogP) is -3.00. The van der Waals surface area contributed by atoms with Crippen LogP contribution >= 0.6 is 0 Å². The fraction of sp³-hybridized carbons (Fsp3) is 1.00. The third kappa shape index (κ3) is 1.69. The van der Waals surface area contributed by atoms with Gasteiger partial charge in [-0.15, -0.1) is 0 Å². The van der Waals surface area contributed by atoms with E-state index in [4.69, 9.17) is 15.9 Å². The van der Waals surface area contributed by atoms with Crippen molar-refractivity contribution in [2.75, 3.05) is 13.1 Å². The summed E-state index contributed by atoms with van der Waals surface area (Å²) in [5.41, 5.74) is 5.29. The molecule has 4 unspecified atom stereocenters. The largest absolute Gasteiger partial charge is 0.389 e. The second-order valence-electron chi connectivity index (χ2n) is 2.80. The Morgan fingerprint density at radius 1 is 1.27 bits per heavy atom. The lowest BCUT2D eigenvalue weighted by Crippen LogP contribution is -2.61. The molecule has 0 aliphatic carbocycles. The highest BCUT2D eigenvalue weighted by molar-refractivity contribution is 4.92. The zero-order valence-electron chi connectivity index (χ0n) is 6.14. The topological polar surface area (TPSA) is 98.7 Å². The molecular weight excluding hydrogens is 148 g/mol. The van der Waals surface area contributed by atoms with Gasteiger partial charge in [0.15, 0.2) is 0 Å². The Kier molecular flexibility index (Phi) is 2.80. The first-order valence-corrected chi connectivity index (χ1v) is 3.64. The van der Waals surface area contributed by atoms with E-state index in [0.717, 1.165) is 0 Å². The zero-order valence-corrected chi connectivity index (χ0v) is 6.14. The van der Waals surface area contributed by atoms with Crippen molar-refractivity contribution in [1.29, 1.82) is 0 Å². The number of hydrogen-bond donors (Lipinski definition) is 5. The SMILES string of the molecule is NCC1NCC(O)C(O)C1O. The molecule has 0 saturated carbocycles. The van der Waals surface area contributed by atoms with Gasteiger partial charge in [0.05, 0.1) is 12.2 Å². The van der Waals surface area contributed by atoms with Crippen molar-refractivity contribution >= 4 is 0 Å². The summed E-state index contributed by atoms with van der Waals surface area (Å²) < 4.78 is 0. The van der Waals surface area contributed by atoms with Crippen LogP contribution in [0, 0.1) is 0 Å². The summed E-state index contributed by atoms with van der Waals surface area (Å²) in [6.45, 7) is 0.533. The molecule has 1 saturated heterocycles. The predicted molar refractivity (Wildman–Crippen MR) is 38.9 cm³/mol. The smallest absolute Gasteiger partial charge is 0.109 e. The molecule has 66 valence electrons. The van der Waals surface area contributed by atoms with Gasteiger partial charge in [0.1, 0.15) is 6.10 Å². The van der Waals surface area contributed by atoms with Crippen molar-refractivity contribution in [3.63, 3.8) is 0 Å². The van der Waals surface area contributed by atoms with Gasteiger partial charge >= 0.3 is 0 Å². The van der Waals surface area contributed by atoms with Gasteiger partial charge in [0.2, 0.25) is 0 Å². The summed E-state index contributed by atoms with van der Waals surface area (Å²) in [7, 11) is 0. The van der Waals surface area contributed by atoms with E-state index < -0.39 is 18.3 Å². The monoisotopic (exact) mass is 162 g/mol. The number of hydrogen-bond acceptors (Lipinski definition) is 5. The summed E-state index contributed by atoms with van der Waals surface area (Å²) in [6, 6.07) is -0.312. The molecule has 5 nitrogen and oxygen atoms in total. The molecule has 1 aliphatic rings. The number of nitrogens with two attached hydrogens (primary N) is 1. The molecule has 0 aromatic heterocycles. The van der Waals surface area contributed by atoms with Crippen LogP contribution in [-0.2, 0) is 0 Å². The van der Waals surface area contributed by atoms with Crippen molar-refractivity contribution < 1.29 is 15.3 Å². The lowest BCUT2D eigenvalue weighted by atomic mass is 9.96. The van der Waals surface area contributed by atoms with Crippen LogP contribution in [0.25, 0.3) is 0 Å². The zero-order chi connectivity index (χ0) is 8.43. The van der Waals surface area contributed by atoms with Crippen LogP contribution in [0.5, 0.6) is 0 Å². The maximum Gasteiger partial charge on any atom is 0.109 e. The van der Waals surface area contributed by atoms with Gasteiger partial charge in [0.25, 0.3) is 0 Å². The molecule has 1 fully saturated rings. The van der Waals surface area contributed by atoms with Gasteiger partial charge in [0, 0.05) is 19.1 Å². The summed E-state index contributed by atoms with van der Waals surface area (Å²) in [4.78, 5) is 0. The molecule has 6 N–H and O–H groups in total. The number of β-amino-alcohol motifs (C(OH)–C–C–N with tert-alkyl or cyclic N) is 1. The molecule has 0 radical (unpaired) electrons. The Morgan fingerprint density at radius 3 is 2.45 bits per heavy atom. The maximum absolute atomic E-state index is 9.26. The lowest BCUT2D eigenvalue weighted by molar-refractivity contribution is -0.0923. The van der Waals surface area contributed by atoms with Gasteiger partial charge in [-0.3, -0.25) is 0 Å². The van der Waals surface area contributed by atoms with Crippen LogP contribution in [0.15, 0.2) is 0 Å². The summed E-state index contributed by atoms with van der Waals surface area (Å²) in [6.07, 6.45) is -2.94. The number of aliphatic hydroxyl groups excluding tert-OH is 3. The van der Waals surface area contributed by atoms with Gasteiger partial charge in [-0.1, -0.05) is 0 Å². The first kappa shape index (κ1) is 8.89. The van der Waals surface area contributed by atoms with E-state index in [2.05, 4.69) is 5.32 Å². The van der Waals surface area contributed by atoms with Gasteiger partial charge in [-0.05, 0) is 0 Å². The quantitative estimate of drug-likeness (QED) is 0.283. The van der Waals surface area contributed by atoms with Crippen molar-refractivity contribution in [3.8, 4) is 0 Å². The average Bonchev–Trinajstić information content (AvgIpc) is 2.01. The Bertz CT molecular complexity index is 131. The molecule has 0 bridgehead atoms. The molecule has 0 spiro atoms. The average molecular weight is 162 g/mol. The number of piperidine rings is 1. The molecule has 5 heteroatoms. The van der Waals surface area contributed by atoms with Gasteiger partial charge < -0.3 is 26.4 Å². The van der Waals surface area contributed by atoms with Crippen molar-refractivity contribution in [2.45, 2.75) is 24.4 Å². The molecule has 4 atom stereocenters. The van der Waals surface area contributed by atoms with Crippen LogP contribution in [0.1, 0.15) is 0 Å². The third-order valence-corrected chi connectivity index (χ3v) is 2.00. The molecular formula is C6H14N2O3. The second-order valence-corrected chi connectivity index (χ2v) is 2.80. The Morgan fingerprint density at radius 2 is 1.91 bits per heavy atom. The number of rotatable bonds is 1. The van der Waals surface area contributed by atoms with E-state index in [-0.39, 0.29) is 19.1 Å². The summed E-state index contributed by atoms with van der Waals surface area (Å²) in [5.74, 6) is 0. The minimum Gasteiger partial charge on any atom is -0.389 e. The maximum atomic E-state index is 9.26. The Labute approximate surface area is 64.8 Å².